The summed E-state index contributed by atoms with van der Waals surface area (Å²) < 4.78 is 5.69. The Bertz CT molecular complexity index is 614. The number of nitrogens with one attached hydrogen (secondary N) is 1. The van der Waals surface area contributed by atoms with E-state index in [4.69, 9.17) is 4.74 Å². The first-order valence-corrected chi connectivity index (χ1v) is 7.85. The Hall–Kier alpha value is -1.75. The van der Waals surface area contributed by atoms with Crippen molar-refractivity contribution < 1.29 is 9.80 Å². The van der Waals surface area contributed by atoms with Gasteiger partial charge in [-0.05, 0) is 24.8 Å². The molecule has 1 aliphatic heterocycles. The van der Waals surface area contributed by atoms with E-state index in [2.05, 4.69) is 29.2 Å². The molecule has 22 heavy (non-hydrogen) atoms. The molecule has 2 heterocycles. The quantitative estimate of drug-likeness (QED) is 0.862. The lowest BCUT2D eigenvalue weighted by molar-refractivity contribution is -0.751. The molecule has 1 N–H and O–H groups in total. The Labute approximate surface area is 131 Å². The number of hydrogen-bond acceptors (Lipinski definition) is 3. The zero-order valence-electron chi connectivity index (χ0n) is 12.9. The summed E-state index contributed by atoms with van der Waals surface area (Å²) in [5.74, 6) is 0.341. The molecule has 1 aromatic heterocycles. The van der Waals surface area contributed by atoms with E-state index in [1.807, 2.05) is 12.1 Å². The highest BCUT2D eigenvalue weighted by Gasteiger charge is 2.23. The minimum Gasteiger partial charge on any atom is -0.629 e. The summed E-state index contributed by atoms with van der Waals surface area (Å²) in [5, 5.41) is 11.5. The van der Waals surface area contributed by atoms with Crippen molar-refractivity contribution in [2.45, 2.75) is 31.8 Å². The molecule has 2 aromatic rings. The summed E-state index contributed by atoms with van der Waals surface area (Å²) in [6.45, 7) is 1.30. The zero-order chi connectivity index (χ0) is 15.4. The van der Waals surface area contributed by atoms with Crippen LogP contribution in [0.1, 0.15) is 35.6 Å². The van der Waals surface area contributed by atoms with Crippen molar-refractivity contribution in [2.24, 2.45) is 0 Å². The molecule has 0 bridgehead atoms. The molecule has 1 aliphatic rings. The third-order valence-corrected chi connectivity index (χ3v) is 4.23. The van der Waals surface area contributed by atoms with Gasteiger partial charge in [0.15, 0.2) is 0 Å². The topological polar surface area (TPSA) is 49.6 Å². The summed E-state index contributed by atoms with van der Waals surface area (Å²) in [4.78, 5) is 4.55. The fourth-order valence-corrected chi connectivity index (χ4v) is 3.00. The molecule has 4 nitrogen and oxygen atoms in total. The number of fused-ring (bicyclic) bond motifs is 1. The molecule has 3 rings (SSSR count). The molecular formula is C18H22N2O2. The third kappa shape index (κ3) is 3.53. The smallest absolute Gasteiger partial charge is 0.149 e. The van der Waals surface area contributed by atoms with Crippen LogP contribution in [0, 0.1) is 5.21 Å². The number of pyridine rings is 1. The van der Waals surface area contributed by atoms with Gasteiger partial charge in [-0.1, -0.05) is 30.3 Å². The van der Waals surface area contributed by atoms with Gasteiger partial charge in [-0.25, -0.2) is 0 Å². The van der Waals surface area contributed by atoms with Gasteiger partial charge in [0.05, 0.1) is 32.2 Å². The van der Waals surface area contributed by atoms with Crippen molar-refractivity contribution in [1.29, 1.82) is 0 Å². The summed E-state index contributed by atoms with van der Waals surface area (Å²) in [5.41, 5.74) is 4.24. The standard InChI is InChI=1S/C18H22N2O2/c1-20(21)17-10-16-13-22-12-15(18(16)19-11-17)9-5-8-14-6-3-2-4-7-14/h2-4,6-7,10-11,15,20H,5,8-9,12-13H2,1H3. The summed E-state index contributed by atoms with van der Waals surface area (Å²) >= 11 is 0. The van der Waals surface area contributed by atoms with E-state index in [0.717, 1.165) is 37.1 Å². The predicted octanol–water partition coefficient (Wildman–Crippen LogP) is 2.36. The summed E-state index contributed by atoms with van der Waals surface area (Å²) in [6, 6.07) is 12.5. The maximum atomic E-state index is 11.5. The molecule has 0 spiro atoms. The largest absolute Gasteiger partial charge is 0.629 e. The number of rotatable bonds is 5. The molecule has 0 aliphatic carbocycles. The monoisotopic (exact) mass is 298 g/mol. The minimum absolute atomic E-state index is 0.0569. The lowest BCUT2D eigenvalue weighted by Gasteiger charge is -2.26. The summed E-state index contributed by atoms with van der Waals surface area (Å²) in [7, 11) is 1.57. The number of ether oxygens (including phenoxy) is 1. The molecule has 2 atom stereocenters. The molecule has 0 saturated heterocycles. The highest BCUT2D eigenvalue weighted by atomic mass is 16.5. The predicted molar refractivity (Wildman–Crippen MR) is 85.9 cm³/mol. The first kappa shape index (κ1) is 15.2. The summed E-state index contributed by atoms with van der Waals surface area (Å²) in [6.07, 6.45) is 4.97. The molecular weight excluding hydrogens is 276 g/mol. The number of quaternary nitrogens is 1. The number of aromatic nitrogens is 1. The van der Waals surface area contributed by atoms with Gasteiger partial charge < -0.3 is 15.0 Å². The molecule has 0 radical (unpaired) electrons. The maximum absolute atomic E-state index is 11.5. The first-order chi connectivity index (χ1) is 10.7. The van der Waals surface area contributed by atoms with Crippen LogP contribution in [0.25, 0.3) is 0 Å². The number of aryl methyl sites for hydroxylation is 1. The van der Waals surface area contributed by atoms with Crippen molar-refractivity contribution in [2.75, 3.05) is 13.7 Å². The second kappa shape index (κ2) is 7.01. The van der Waals surface area contributed by atoms with Crippen molar-refractivity contribution >= 4 is 5.69 Å². The molecule has 0 fully saturated rings. The maximum Gasteiger partial charge on any atom is 0.149 e. The fraction of sp³-hybridized carbons (Fsp3) is 0.389. The van der Waals surface area contributed by atoms with Crippen molar-refractivity contribution in [1.82, 2.24) is 4.98 Å². The molecule has 116 valence electrons. The Morgan fingerprint density at radius 1 is 1.32 bits per heavy atom. The van der Waals surface area contributed by atoms with E-state index in [1.54, 1.807) is 13.2 Å². The second-order valence-corrected chi connectivity index (χ2v) is 5.91. The lowest BCUT2D eigenvalue weighted by Crippen LogP contribution is -2.98. The van der Waals surface area contributed by atoms with Gasteiger partial charge in [0.25, 0.3) is 0 Å². The zero-order valence-corrected chi connectivity index (χ0v) is 12.9. The van der Waals surface area contributed by atoms with Gasteiger partial charge in [0.1, 0.15) is 5.69 Å². The fourth-order valence-electron chi connectivity index (χ4n) is 3.00. The van der Waals surface area contributed by atoms with E-state index >= 15 is 0 Å². The average Bonchev–Trinajstić information content (AvgIpc) is 2.55. The van der Waals surface area contributed by atoms with Gasteiger partial charge in [-0.3, -0.25) is 4.98 Å². The molecule has 0 amide bonds. The molecule has 0 saturated carbocycles. The average molecular weight is 298 g/mol. The molecule has 4 heteroatoms. The number of nitrogens with zero attached hydrogens (tertiary/aromatic N) is 1. The number of benzene rings is 1. The molecule has 2 unspecified atom stereocenters. The van der Waals surface area contributed by atoms with Crippen LogP contribution in [0.3, 0.4) is 0 Å². The van der Waals surface area contributed by atoms with Crippen LogP contribution in [0.15, 0.2) is 42.6 Å². The van der Waals surface area contributed by atoms with Crippen LogP contribution in [0.4, 0.5) is 5.69 Å². The SMILES string of the molecule is C[NH+]([O-])c1cnc2c(c1)COCC2CCCc1ccccc1. The van der Waals surface area contributed by atoms with Crippen LogP contribution in [0.5, 0.6) is 0 Å². The second-order valence-electron chi connectivity index (χ2n) is 5.91. The highest BCUT2D eigenvalue weighted by Crippen LogP contribution is 2.29. The van der Waals surface area contributed by atoms with E-state index in [9.17, 15) is 5.21 Å². The normalized spacial score (nSPS) is 18.7. The van der Waals surface area contributed by atoms with E-state index in [1.165, 1.54) is 5.56 Å². The number of hydrogen-bond donors (Lipinski definition) is 1. The highest BCUT2D eigenvalue weighted by molar-refractivity contribution is 5.36. The third-order valence-electron chi connectivity index (χ3n) is 4.23. The van der Waals surface area contributed by atoms with Crippen molar-refractivity contribution in [3.8, 4) is 0 Å². The minimum atomic E-state index is 0.0569. The van der Waals surface area contributed by atoms with E-state index in [0.29, 0.717) is 18.2 Å². The van der Waals surface area contributed by atoms with Crippen LogP contribution in [-0.4, -0.2) is 18.6 Å². The van der Waals surface area contributed by atoms with Crippen LogP contribution in [0.2, 0.25) is 0 Å². The van der Waals surface area contributed by atoms with E-state index in [-0.39, 0.29) is 5.06 Å². The number of hydroxylamine groups is 1. The van der Waals surface area contributed by atoms with Crippen molar-refractivity contribution in [3.63, 3.8) is 0 Å². The lowest BCUT2D eigenvalue weighted by atomic mass is 9.92. The van der Waals surface area contributed by atoms with Gasteiger partial charge in [0.2, 0.25) is 0 Å². The van der Waals surface area contributed by atoms with Crippen molar-refractivity contribution in [3.05, 3.63) is 64.6 Å². The van der Waals surface area contributed by atoms with Gasteiger partial charge in [-0.15, -0.1) is 0 Å². The Balaban J connectivity index is 1.64. The Kier molecular flexibility index (Phi) is 4.83. The van der Waals surface area contributed by atoms with Crippen LogP contribution >= 0.6 is 0 Å². The van der Waals surface area contributed by atoms with Crippen LogP contribution < -0.4 is 5.06 Å². The molecule has 1 aromatic carbocycles. The Morgan fingerprint density at radius 3 is 2.91 bits per heavy atom. The van der Waals surface area contributed by atoms with E-state index < -0.39 is 0 Å². The van der Waals surface area contributed by atoms with Crippen LogP contribution in [-0.2, 0) is 17.8 Å². The van der Waals surface area contributed by atoms with Gasteiger partial charge in [-0.2, -0.15) is 0 Å². The first-order valence-electron chi connectivity index (χ1n) is 7.85. The van der Waals surface area contributed by atoms with Gasteiger partial charge in [0, 0.05) is 17.5 Å². The van der Waals surface area contributed by atoms with Gasteiger partial charge >= 0.3 is 0 Å². The Morgan fingerprint density at radius 2 is 2.14 bits per heavy atom.